The predicted octanol–water partition coefficient (Wildman–Crippen LogP) is 4.18. The van der Waals surface area contributed by atoms with E-state index in [0.717, 1.165) is 11.8 Å². The van der Waals surface area contributed by atoms with Crippen LogP contribution in [-0.2, 0) is 0 Å². The molecule has 4 bridgehead atoms. The molecule has 0 heterocycles. The Morgan fingerprint density at radius 2 is 1.58 bits per heavy atom. The first-order chi connectivity index (χ1) is 11.5. The number of carbonyl (C=O) groups is 1. The van der Waals surface area contributed by atoms with Crippen LogP contribution in [0.15, 0.2) is 24.3 Å². The van der Waals surface area contributed by atoms with E-state index in [1.807, 2.05) is 11.9 Å². The third-order valence-corrected chi connectivity index (χ3v) is 6.27. The van der Waals surface area contributed by atoms with Crippen molar-refractivity contribution < 1.29 is 18.3 Å². The highest BCUT2D eigenvalue weighted by Gasteiger charge is 2.50. The van der Waals surface area contributed by atoms with Crippen LogP contribution in [0.2, 0.25) is 0 Å². The second-order valence-corrected chi connectivity index (χ2v) is 7.74. The molecular weight excluding hydrogens is 312 g/mol. The van der Waals surface area contributed by atoms with Crippen LogP contribution in [0.3, 0.4) is 0 Å². The number of nitrogens with zero attached hydrogens (tertiary/aromatic N) is 1. The van der Waals surface area contributed by atoms with Crippen LogP contribution in [0, 0.1) is 23.7 Å². The van der Waals surface area contributed by atoms with E-state index in [1.165, 1.54) is 44.2 Å². The van der Waals surface area contributed by atoms with Gasteiger partial charge in [0.15, 0.2) is 0 Å². The molecule has 4 aliphatic rings. The Morgan fingerprint density at radius 1 is 1.04 bits per heavy atom. The summed E-state index contributed by atoms with van der Waals surface area (Å²) in [6.45, 7) is -2.85. The summed E-state index contributed by atoms with van der Waals surface area (Å²) in [6, 6.07) is 6.36. The molecule has 0 saturated heterocycles. The van der Waals surface area contributed by atoms with Gasteiger partial charge in [0.2, 0.25) is 0 Å². The first-order valence-electron chi connectivity index (χ1n) is 8.83. The minimum absolute atomic E-state index is 0.0175. The largest absolute Gasteiger partial charge is 0.435 e. The molecule has 0 N–H and O–H groups in total. The Balaban J connectivity index is 1.48. The molecule has 0 unspecified atom stereocenters. The highest BCUT2D eigenvalue weighted by molar-refractivity contribution is 5.94. The number of hydrogen-bond acceptors (Lipinski definition) is 2. The van der Waals surface area contributed by atoms with Gasteiger partial charge in [-0.3, -0.25) is 4.79 Å². The molecular formula is C19H23F2NO2. The van der Waals surface area contributed by atoms with Gasteiger partial charge in [-0.2, -0.15) is 8.78 Å². The lowest BCUT2D eigenvalue weighted by atomic mass is 9.54. The minimum atomic E-state index is -2.85. The molecule has 3 nitrogen and oxygen atoms in total. The molecule has 0 aliphatic heterocycles. The molecule has 130 valence electrons. The van der Waals surface area contributed by atoms with Crippen LogP contribution in [0.25, 0.3) is 0 Å². The molecule has 4 saturated carbocycles. The number of rotatable bonds is 4. The summed E-state index contributed by atoms with van der Waals surface area (Å²) in [5, 5.41) is 0. The third kappa shape index (κ3) is 2.78. The summed E-state index contributed by atoms with van der Waals surface area (Å²) in [7, 11) is 1.90. The standard InChI is InChI=1S/C19H23F2NO2/c1-22(17-14-7-11-6-12(9-14)10-15(17)8-11)18(23)13-2-4-16(5-3-13)24-19(20)21/h2-5,11-12,14-15,17,19H,6-10H2,1H3. The summed E-state index contributed by atoms with van der Waals surface area (Å²) in [5.74, 6) is 3.08. The summed E-state index contributed by atoms with van der Waals surface area (Å²) >= 11 is 0. The van der Waals surface area contributed by atoms with E-state index in [9.17, 15) is 13.6 Å². The second kappa shape index (κ2) is 6.01. The Morgan fingerprint density at radius 3 is 2.08 bits per heavy atom. The molecule has 0 atom stereocenters. The maximum absolute atomic E-state index is 12.8. The van der Waals surface area contributed by atoms with Crippen molar-refractivity contribution in [3.8, 4) is 5.75 Å². The third-order valence-electron chi connectivity index (χ3n) is 6.27. The van der Waals surface area contributed by atoms with Gasteiger partial charge in [0, 0.05) is 18.7 Å². The fraction of sp³-hybridized carbons (Fsp3) is 0.632. The van der Waals surface area contributed by atoms with Crippen molar-refractivity contribution in [2.24, 2.45) is 23.7 Å². The summed E-state index contributed by atoms with van der Waals surface area (Å²) in [6.07, 6.45) is 6.43. The van der Waals surface area contributed by atoms with Crippen molar-refractivity contribution in [1.82, 2.24) is 4.90 Å². The summed E-state index contributed by atoms with van der Waals surface area (Å²) < 4.78 is 28.8. The van der Waals surface area contributed by atoms with Gasteiger partial charge in [0.1, 0.15) is 5.75 Å². The lowest BCUT2D eigenvalue weighted by Crippen LogP contribution is -2.56. The van der Waals surface area contributed by atoms with Crippen LogP contribution in [0.5, 0.6) is 5.75 Å². The summed E-state index contributed by atoms with van der Waals surface area (Å²) in [5.41, 5.74) is 0.535. The topological polar surface area (TPSA) is 29.5 Å². The zero-order valence-corrected chi connectivity index (χ0v) is 13.8. The maximum Gasteiger partial charge on any atom is 0.387 e. The molecule has 0 spiro atoms. The van der Waals surface area contributed by atoms with Gasteiger partial charge >= 0.3 is 6.61 Å². The molecule has 0 radical (unpaired) electrons. The highest BCUT2D eigenvalue weighted by Crippen LogP contribution is 2.55. The average molecular weight is 335 g/mol. The molecule has 4 aliphatic carbocycles. The first kappa shape index (κ1) is 15.9. The molecule has 5 heteroatoms. The van der Waals surface area contributed by atoms with Gasteiger partial charge < -0.3 is 9.64 Å². The van der Waals surface area contributed by atoms with E-state index in [1.54, 1.807) is 12.1 Å². The predicted molar refractivity (Wildman–Crippen MR) is 86.0 cm³/mol. The van der Waals surface area contributed by atoms with Gasteiger partial charge in [-0.05, 0) is 80.0 Å². The van der Waals surface area contributed by atoms with Crippen molar-refractivity contribution in [2.75, 3.05) is 7.05 Å². The lowest BCUT2D eigenvalue weighted by Gasteiger charge is -2.56. The minimum Gasteiger partial charge on any atom is -0.435 e. The van der Waals surface area contributed by atoms with Gasteiger partial charge in [-0.25, -0.2) is 0 Å². The molecule has 5 rings (SSSR count). The zero-order chi connectivity index (χ0) is 16.8. The first-order valence-corrected chi connectivity index (χ1v) is 8.83. The normalized spacial score (nSPS) is 33.8. The Hall–Kier alpha value is -1.65. The van der Waals surface area contributed by atoms with Gasteiger partial charge in [-0.15, -0.1) is 0 Å². The van der Waals surface area contributed by atoms with Crippen molar-refractivity contribution in [3.63, 3.8) is 0 Å². The smallest absolute Gasteiger partial charge is 0.387 e. The quantitative estimate of drug-likeness (QED) is 0.826. The zero-order valence-electron chi connectivity index (χ0n) is 13.8. The number of alkyl halides is 2. The molecule has 1 aromatic rings. The van der Waals surface area contributed by atoms with E-state index in [-0.39, 0.29) is 11.7 Å². The maximum atomic E-state index is 12.8. The Kier molecular flexibility index (Phi) is 3.97. The van der Waals surface area contributed by atoms with Crippen LogP contribution in [-0.4, -0.2) is 30.5 Å². The van der Waals surface area contributed by atoms with Crippen LogP contribution in [0.1, 0.15) is 42.5 Å². The SMILES string of the molecule is CN(C(=O)c1ccc(OC(F)F)cc1)C1C2CC3CC(C2)CC1C3. The van der Waals surface area contributed by atoms with Gasteiger partial charge in [0.25, 0.3) is 5.91 Å². The molecule has 0 aromatic heterocycles. The number of hydrogen-bond donors (Lipinski definition) is 0. The number of ether oxygens (including phenoxy) is 1. The van der Waals surface area contributed by atoms with Crippen molar-refractivity contribution in [3.05, 3.63) is 29.8 Å². The number of benzene rings is 1. The van der Waals surface area contributed by atoms with Gasteiger partial charge in [0.05, 0.1) is 0 Å². The highest BCUT2D eigenvalue weighted by atomic mass is 19.3. The van der Waals surface area contributed by atoms with E-state index in [0.29, 0.717) is 23.4 Å². The Labute approximate surface area is 141 Å². The van der Waals surface area contributed by atoms with Crippen LogP contribution in [0.4, 0.5) is 8.78 Å². The van der Waals surface area contributed by atoms with E-state index in [4.69, 9.17) is 0 Å². The number of amides is 1. The van der Waals surface area contributed by atoms with E-state index < -0.39 is 6.61 Å². The van der Waals surface area contributed by atoms with Crippen molar-refractivity contribution >= 4 is 5.91 Å². The molecule has 1 aromatic carbocycles. The average Bonchev–Trinajstić information content (AvgIpc) is 2.53. The Bertz CT molecular complexity index is 588. The van der Waals surface area contributed by atoms with Crippen LogP contribution < -0.4 is 4.74 Å². The molecule has 1 amide bonds. The van der Waals surface area contributed by atoms with Crippen LogP contribution >= 0.6 is 0 Å². The van der Waals surface area contributed by atoms with Crippen molar-refractivity contribution in [1.29, 1.82) is 0 Å². The van der Waals surface area contributed by atoms with Crippen molar-refractivity contribution in [2.45, 2.75) is 44.8 Å². The molecule has 4 fully saturated rings. The molecule has 24 heavy (non-hydrogen) atoms. The summed E-state index contributed by atoms with van der Waals surface area (Å²) in [4.78, 5) is 14.8. The number of carbonyl (C=O) groups excluding carboxylic acids is 1. The number of halogens is 2. The fourth-order valence-electron chi connectivity index (χ4n) is 5.65. The fourth-order valence-corrected chi connectivity index (χ4v) is 5.65. The van der Waals surface area contributed by atoms with E-state index >= 15 is 0 Å². The lowest BCUT2D eigenvalue weighted by molar-refractivity contribution is -0.0500. The van der Waals surface area contributed by atoms with E-state index in [2.05, 4.69) is 4.74 Å². The second-order valence-electron chi connectivity index (χ2n) is 7.74. The van der Waals surface area contributed by atoms with Gasteiger partial charge in [-0.1, -0.05) is 0 Å². The monoisotopic (exact) mass is 335 g/mol.